The molecule has 5 heteroatoms. The van der Waals surface area contributed by atoms with Gasteiger partial charge in [0.05, 0.1) is 17.4 Å². The molecule has 0 amide bonds. The molecule has 1 aliphatic rings. The summed E-state index contributed by atoms with van der Waals surface area (Å²) >= 11 is 0. The van der Waals surface area contributed by atoms with Crippen LogP contribution >= 0.6 is 0 Å². The van der Waals surface area contributed by atoms with E-state index in [1.54, 1.807) is 6.20 Å². The maximum atomic E-state index is 6.23. The molecule has 290 valence electrons. The van der Waals surface area contributed by atoms with Gasteiger partial charge in [0.1, 0.15) is 11.4 Å². The second kappa shape index (κ2) is 15.6. The van der Waals surface area contributed by atoms with Crippen LogP contribution in [0, 0.1) is 0 Å². The molecule has 1 aliphatic carbocycles. The van der Waals surface area contributed by atoms with Crippen molar-refractivity contribution in [2.75, 3.05) is 4.90 Å². The lowest BCUT2D eigenvalue weighted by Crippen LogP contribution is -2.10. The number of allylic oxidation sites excluding steroid dienone is 4. The molecule has 3 aromatic heterocycles. The van der Waals surface area contributed by atoms with Crippen LogP contribution in [0.15, 0.2) is 225 Å². The Morgan fingerprint density at radius 3 is 2.07 bits per heavy atom. The van der Waals surface area contributed by atoms with Gasteiger partial charge in [-0.15, -0.1) is 0 Å². The molecule has 0 fully saturated rings. The van der Waals surface area contributed by atoms with E-state index in [0.29, 0.717) is 11.6 Å². The van der Waals surface area contributed by atoms with E-state index in [1.807, 2.05) is 36.4 Å². The van der Waals surface area contributed by atoms with Crippen LogP contribution in [0.5, 0.6) is 11.6 Å². The summed E-state index contributed by atoms with van der Waals surface area (Å²) in [6, 6.07) is 66.2. The van der Waals surface area contributed by atoms with Gasteiger partial charge in [-0.3, -0.25) is 4.40 Å². The van der Waals surface area contributed by atoms with Crippen LogP contribution in [0.1, 0.15) is 17.9 Å². The van der Waals surface area contributed by atoms with Gasteiger partial charge in [-0.1, -0.05) is 140 Å². The lowest BCUT2D eigenvalue weighted by molar-refractivity contribution is 0.463. The Morgan fingerprint density at radius 1 is 0.541 bits per heavy atom. The van der Waals surface area contributed by atoms with Gasteiger partial charge < -0.3 is 9.64 Å². The van der Waals surface area contributed by atoms with Crippen molar-refractivity contribution >= 4 is 44.4 Å². The number of hydrogen-bond acceptors (Lipinski definition) is 4. The standard InChI is InChI=1S/C56H40N4O/c1-5-18-39(19-6-1)42-34-49(40-20-7-2-8-21-40)55(50(35-42)41-22-9-3-10-23-41)53-38-58-56-51-37-45(31-32-47(51)48-28-13-14-29-52(48)60(53)56)59(43-24-11-4-12-25-43)44-26-17-27-46(36-44)61-54-30-15-16-33-57-54/h1-22,24-38,41H,23H2. The maximum Gasteiger partial charge on any atom is 0.219 e. The van der Waals surface area contributed by atoms with Gasteiger partial charge in [0, 0.05) is 57.6 Å². The Labute approximate surface area is 354 Å². The van der Waals surface area contributed by atoms with Gasteiger partial charge in [-0.25, -0.2) is 9.97 Å². The van der Waals surface area contributed by atoms with Crippen molar-refractivity contribution in [1.82, 2.24) is 14.4 Å². The number of para-hydroxylation sites is 2. The molecule has 0 bridgehead atoms. The van der Waals surface area contributed by atoms with Gasteiger partial charge in [0.2, 0.25) is 5.88 Å². The van der Waals surface area contributed by atoms with Crippen LogP contribution in [0.2, 0.25) is 0 Å². The third kappa shape index (κ3) is 6.72. The first-order valence-corrected chi connectivity index (χ1v) is 20.8. The van der Waals surface area contributed by atoms with Gasteiger partial charge in [0.15, 0.2) is 0 Å². The Balaban J connectivity index is 1.16. The number of hydrogen-bond donors (Lipinski definition) is 0. The highest BCUT2D eigenvalue weighted by Crippen LogP contribution is 2.46. The van der Waals surface area contributed by atoms with Crippen LogP contribution in [-0.4, -0.2) is 14.4 Å². The summed E-state index contributed by atoms with van der Waals surface area (Å²) in [6.07, 6.45) is 13.7. The van der Waals surface area contributed by atoms with E-state index < -0.39 is 0 Å². The summed E-state index contributed by atoms with van der Waals surface area (Å²) in [5.41, 5.74) is 13.3. The van der Waals surface area contributed by atoms with Gasteiger partial charge in [-0.05, 0) is 100 Å². The third-order valence-electron chi connectivity index (χ3n) is 11.6. The first-order chi connectivity index (χ1) is 30.3. The summed E-state index contributed by atoms with van der Waals surface area (Å²) in [6.45, 7) is 0. The number of aromatic nitrogens is 3. The summed E-state index contributed by atoms with van der Waals surface area (Å²) in [7, 11) is 0. The minimum absolute atomic E-state index is 0.187. The predicted octanol–water partition coefficient (Wildman–Crippen LogP) is 14.9. The number of rotatable bonds is 9. The molecule has 3 heterocycles. The summed E-state index contributed by atoms with van der Waals surface area (Å²) in [5, 5.41) is 3.37. The number of pyridine rings is 2. The highest BCUT2D eigenvalue weighted by atomic mass is 16.5. The molecule has 0 aliphatic heterocycles. The third-order valence-corrected chi connectivity index (χ3v) is 11.6. The van der Waals surface area contributed by atoms with E-state index in [4.69, 9.17) is 9.72 Å². The van der Waals surface area contributed by atoms with Crippen LogP contribution < -0.4 is 9.64 Å². The topological polar surface area (TPSA) is 42.7 Å². The van der Waals surface area contributed by atoms with Crippen molar-refractivity contribution in [3.8, 4) is 45.1 Å². The quantitative estimate of drug-likeness (QED) is 0.137. The zero-order valence-corrected chi connectivity index (χ0v) is 33.3. The smallest absolute Gasteiger partial charge is 0.219 e. The fraction of sp³-hybridized carbons (Fsp3) is 0.0357. The summed E-state index contributed by atoms with van der Waals surface area (Å²) < 4.78 is 8.62. The van der Waals surface area contributed by atoms with Crippen molar-refractivity contribution in [1.29, 1.82) is 0 Å². The molecule has 1 atom stereocenters. The van der Waals surface area contributed by atoms with E-state index in [1.165, 1.54) is 33.4 Å². The van der Waals surface area contributed by atoms with Gasteiger partial charge in [0.25, 0.3) is 0 Å². The average Bonchev–Trinajstić information content (AvgIpc) is 3.78. The molecule has 7 aromatic carbocycles. The predicted molar refractivity (Wildman–Crippen MR) is 251 cm³/mol. The molecule has 0 N–H and O–H groups in total. The van der Waals surface area contributed by atoms with Crippen molar-refractivity contribution in [2.24, 2.45) is 0 Å². The second-order valence-electron chi connectivity index (χ2n) is 15.4. The van der Waals surface area contributed by atoms with Crippen molar-refractivity contribution < 1.29 is 4.74 Å². The van der Waals surface area contributed by atoms with Crippen molar-refractivity contribution in [3.05, 3.63) is 230 Å². The maximum absolute atomic E-state index is 6.23. The lowest BCUT2D eigenvalue weighted by Gasteiger charge is -2.26. The van der Waals surface area contributed by atoms with Crippen LogP contribution in [-0.2, 0) is 0 Å². The summed E-state index contributed by atoms with van der Waals surface area (Å²) in [5.74, 6) is 1.44. The minimum atomic E-state index is 0.187. The zero-order chi connectivity index (χ0) is 40.5. The Kier molecular flexibility index (Phi) is 9.24. The average molecular weight is 785 g/mol. The highest BCUT2D eigenvalue weighted by Gasteiger charge is 2.25. The fourth-order valence-corrected chi connectivity index (χ4v) is 8.88. The first kappa shape index (κ1) is 36.1. The molecule has 10 aromatic rings. The van der Waals surface area contributed by atoms with E-state index in [2.05, 4.69) is 196 Å². The molecule has 0 radical (unpaired) electrons. The van der Waals surface area contributed by atoms with Crippen LogP contribution in [0.3, 0.4) is 0 Å². The van der Waals surface area contributed by atoms with Gasteiger partial charge >= 0.3 is 0 Å². The number of ether oxygens (including phenoxy) is 1. The molecular formula is C56H40N4O. The van der Waals surface area contributed by atoms with Crippen molar-refractivity contribution in [3.63, 3.8) is 0 Å². The van der Waals surface area contributed by atoms with Crippen molar-refractivity contribution in [2.45, 2.75) is 12.3 Å². The molecule has 0 saturated heterocycles. The Bertz CT molecular complexity index is 3250. The molecule has 0 spiro atoms. The number of nitrogens with zero attached hydrogens (tertiary/aromatic N) is 4. The summed E-state index contributed by atoms with van der Waals surface area (Å²) in [4.78, 5) is 12.0. The van der Waals surface area contributed by atoms with E-state index in [-0.39, 0.29) is 5.92 Å². The number of benzene rings is 7. The number of anilines is 3. The molecular weight excluding hydrogens is 745 g/mol. The van der Waals surface area contributed by atoms with Gasteiger partial charge in [-0.2, -0.15) is 0 Å². The monoisotopic (exact) mass is 784 g/mol. The van der Waals surface area contributed by atoms with E-state index in [0.717, 1.165) is 56.5 Å². The normalized spacial score (nSPS) is 13.5. The second-order valence-corrected chi connectivity index (χ2v) is 15.4. The van der Waals surface area contributed by atoms with Crippen LogP contribution in [0.25, 0.3) is 60.8 Å². The van der Waals surface area contributed by atoms with E-state index in [9.17, 15) is 0 Å². The fourth-order valence-electron chi connectivity index (χ4n) is 8.88. The molecule has 11 rings (SSSR count). The molecule has 61 heavy (non-hydrogen) atoms. The Morgan fingerprint density at radius 2 is 1.28 bits per heavy atom. The molecule has 1 unspecified atom stereocenters. The largest absolute Gasteiger partial charge is 0.439 e. The SMILES string of the molecule is C1=CCC(c2cc(-c3ccccc3)cc(-c3ccccc3)c2-c2cnc3c4cc(N(c5ccccc5)c5cccc(Oc6ccccn6)c5)ccc4c4ccccc4n23)C=C1. The zero-order valence-electron chi connectivity index (χ0n) is 33.3. The van der Waals surface area contributed by atoms with E-state index >= 15 is 0 Å². The highest BCUT2D eigenvalue weighted by molar-refractivity contribution is 6.14. The van der Waals surface area contributed by atoms with Crippen LogP contribution in [0.4, 0.5) is 17.1 Å². The lowest BCUT2D eigenvalue weighted by atomic mass is 9.82. The number of fused-ring (bicyclic) bond motifs is 6. The Hall–Kier alpha value is -8.02. The number of imidazole rings is 1. The molecule has 5 nitrogen and oxygen atoms in total. The minimum Gasteiger partial charge on any atom is -0.439 e. The molecule has 0 saturated carbocycles. The first-order valence-electron chi connectivity index (χ1n) is 20.8.